The largest absolute Gasteiger partial charge is 0.494 e. The van der Waals surface area contributed by atoms with Crippen molar-refractivity contribution in [3.8, 4) is 5.75 Å². The Morgan fingerprint density at radius 3 is 2.61 bits per heavy atom. The summed E-state index contributed by atoms with van der Waals surface area (Å²) in [5.41, 5.74) is 2.30. The van der Waals surface area contributed by atoms with Crippen molar-refractivity contribution in [1.29, 1.82) is 0 Å². The molecule has 0 aliphatic heterocycles. The maximum absolute atomic E-state index is 11.9. The summed E-state index contributed by atoms with van der Waals surface area (Å²) in [7, 11) is 0. The summed E-state index contributed by atoms with van der Waals surface area (Å²) in [5, 5.41) is 3.51. The predicted octanol–water partition coefficient (Wildman–Crippen LogP) is 4.51. The summed E-state index contributed by atoms with van der Waals surface area (Å²) in [6.45, 7) is 6.66. The molecule has 124 valence electrons. The van der Waals surface area contributed by atoms with E-state index in [0.29, 0.717) is 24.6 Å². The number of nitrogens with zero attached hydrogens (tertiary/aromatic N) is 1. The predicted molar refractivity (Wildman–Crippen MR) is 95.4 cm³/mol. The Kier molecular flexibility index (Phi) is 6.59. The molecule has 0 saturated carbocycles. The van der Waals surface area contributed by atoms with Crippen molar-refractivity contribution in [1.82, 2.24) is 4.98 Å². The molecule has 0 saturated heterocycles. The number of ether oxygens (including phenoxy) is 1. The van der Waals surface area contributed by atoms with Gasteiger partial charge in [-0.3, -0.25) is 4.79 Å². The summed E-state index contributed by atoms with van der Waals surface area (Å²) in [5.74, 6) is 0.845. The summed E-state index contributed by atoms with van der Waals surface area (Å²) in [4.78, 5) is 17.3. The molecule has 0 aliphatic carbocycles. The molecule has 23 heavy (non-hydrogen) atoms. The van der Waals surface area contributed by atoms with Crippen molar-refractivity contribution in [2.45, 2.75) is 46.5 Å². The van der Waals surface area contributed by atoms with Gasteiger partial charge in [-0.25, -0.2) is 4.98 Å². The van der Waals surface area contributed by atoms with Gasteiger partial charge < -0.3 is 10.1 Å². The highest BCUT2D eigenvalue weighted by Gasteiger charge is 2.07. The van der Waals surface area contributed by atoms with Crippen molar-refractivity contribution in [3.63, 3.8) is 0 Å². The normalized spacial score (nSPS) is 10.6. The first-order valence-electron chi connectivity index (χ1n) is 8.04. The topological polar surface area (TPSA) is 51.2 Å². The highest BCUT2D eigenvalue weighted by molar-refractivity contribution is 7.15. The maximum Gasteiger partial charge on any atom is 0.226 e. The average Bonchev–Trinajstić information content (AvgIpc) is 2.83. The molecule has 0 fully saturated rings. The van der Waals surface area contributed by atoms with Crippen molar-refractivity contribution >= 4 is 22.4 Å². The lowest BCUT2D eigenvalue weighted by Gasteiger charge is -2.07. The van der Waals surface area contributed by atoms with Crippen LogP contribution in [0.3, 0.4) is 0 Å². The molecular weight excluding hydrogens is 308 g/mol. The summed E-state index contributed by atoms with van der Waals surface area (Å²) in [6, 6.07) is 8.18. The van der Waals surface area contributed by atoms with Gasteiger partial charge in [0.25, 0.3) is 0 Å². The lowest BCUT2D eigenvalue weighted by Crippen LogP contribution is -2.12. The van der Waals surface area contributed by atoms with E-state index in [1.165, 1.54) is 16.9 Å². The van der Waals surface area contributed by atoms with Crippen molar-refractivity contribution in [2.75, 3.05) is 11.9 Å². The first-order chi connectivity index (χ1) is 11.1. The van der Waals surface area contributed by atoms with E-state index in [2.05, 4.69) is 29.4 Å². The number of rotatable bonds is 8. The van der Waals surface area contributed by atoms with Crippen molar-refractivity contribution in [2.24, 2.45) is 0 Å². The number of benzene rings is 1. The Labute approximate surface area is 141 Å². The summed E-state index contributed by atoms with van der Waals surface area (Å²) in [6.07, 6.45) is 3.36. The monoisotopic (exact) mass is 332 g/mol. The molecule has 2 aromatic rings. The number of hydrogen-bond acceptors (Lipinski definition) is 4. The van der Waals surface area contributed by atoms with Gasteiger partial charge in [-0.15, -0.1) is 11.3 Å². The number of nitrogens with one attached hydrogen (secondary N) is 1. The lowest BCUT2D eigenvalue weighted by molar-refractivity contribution is -0.116. The van der Waals surface area contributed by atoms with Gasteiger partial charge in [0.2, 0.25) is 5.91 Å². The minimum Gasteiger partial charge on any atom is -0.494 e. The van der Waals surface area contributed by atoms with E-state index in [0.717, 1.165) is 29.2 Å². The molecule has 0 radical (unpaired) electrons. The second-order valence-electron chi connectivity index (χ2n) is 5.55. The highest BCUT2D eigenvalue weighted by atomic mass is 32.1. The van der Waals surface area contributed by atoms with Crippen LogP contribution in [0.2, 0.25) is 0 Å². The molecule has 1 aromatic heterocycles. The Morgan fingerprint density at radius 1 is 1.26 bits per heavy atom. The molecule has 0 bridgehead atoms. The Bertz CT molecular complexity index is 615. The number of anilines is 1. The zero-order valence-corrected chi connectivity index (χ0v) is 14.8. The van der Waals surface area contributed by atoms with Crippen LogP contribution in [0, 0.1) is 13.8 Å². The van der Waals surface area contributed by atoms with E-state index in [1.54, 1.807) is 0 Å². The van der Waals surface area contributed by atoms with Crippen LogP contribution in [-0.4, -0.2) is 17.5 Å². The van der Waals surface area contributed by atoms with Gasteiger partial charge in [-0.05, 0) is 44.4 Å². The highest BCUT2D eigenvalue weighted by Crippen LogP contribution is 2.21. The van der Waals surface area contributed by atoms with Crippen LogP contribution in [0.25, 0.3) is 0 Å². The fourth-order valence-corrected chi connectivity index (χ4v) is 3.00. The third kappa shape index (κ3) is 5.67. The molecular formula is C18H24N2O2S. The maximum atomic E-state index is 11.9. The smallest absolute Gasteiger partial charge is 0.226 e. The number of hydrogen-bond donors (Lipinski definition) is 1. The molecule has 1 N–H and O–H groups in total. The van der Waals surface area contributed by atoms with Crippen LogP contribution < -0.4 is 10.1 Å². The summed E-state index contributed by atoms with van der Waals surface area (Å²) < 4.78 is 5.67. The van der Waals surface area contributed by atoms with Gasteiger partial charge in [0, 0.05) is 11.3 Å². The van der Waals surface area contributed by atoms with Crippen LogP contribution in [0.1, 0.15) is 42.3 Å². The fraction of sp³-hybridized carbons (Fsp3) is 0.444. The van der Waals surface area contributed by atoms with Crippen LogP contribution in [0.5, 0.6) is 5.75 Å². The molecule has 5 heteroatoms. The third-order valence-corrected chi connectivity index (χ3v) is 4.54. The minimum atomic E-state index is -0.0133. The summed E-state index contributed by atoms with van der Waals surface area (Å²) >= 11 is 1.51. The third-order valence-electron chi connectivity index (χ3n) is 3.55. The number of aromatic nitrogens is 1. The molecule has 4 nitrogen and oxygen atoms in total. The molecule has 2 rings (SSSR count). The Balaban J connectivity index is 1.67. The molecule has 0 aliphatic rings. The van der Waals surface area contributed by atoms with Crippen molar-refractivity contribution < 1.29 is 9.53 Å². The van der Waals surface area contributed by atoms with E-state index in [-0.39, 0.29) is 5.91 Å². The lowest BCUT2D eigenvalue weighted by atomic mass is 10.1. The van der Waals surface area contributed by atoms with E-state index in [9.17, 15) is 4.79 Å². The van der Waals surface area contributed by atoms with Gasteiger partial charge >= 0.3 is 0 Å². The Hall–Kier alpha value is -1.88. The fourth-order valence-electron chi connectivity index (χ4n) is 2.17. The number of carbonyl (C=O) groups is 1. The van der Waals surface area contributed by atoms with Gasteiger partial charge in [0.15, 0.2) is 5.13 Å². The van der Waals surface area contributed by atoms with E-state index < -0.39 is 0 Å². The molecule has 1 heterocycles. The van der Waals surface area contributed by atoms with Gasteiger partial charge in [0.1, 0.15) is 5.75 Å². The van der Waals surface area contributed by atoms with E-state index >= 15 is 0 Å². The van der Waals surface area contributed by atoms with Crippen LogP contribution >= 0.6 is 11.3 Å². The minimum absolute atomic E-state index is 0.0133. The van der Waals surface area contributed by atoms with Gasteiger partial charge in [-0.1, -0.05) is 25.5 Å². The zero-order chi connectivity index (χ0) is 16.7. The SMILES string of the molecule is CCCc1ccc(OCCCC(=O)Nc2nc(C)c(C)s2)cc1. The quantitative estimate of drug-likeness (QED) is 0.724. The van der Waals surface area contributed by atoms with E-state index in [1.807, 2.05) is 26.0 Å². The molecule has 1 aromatic carbocycles. The van der Waals surface area contributed by atoms with Crippen LogP contribution in [-0.2, 0) is 11.2 Å². The zero-order valence-electron chi connectivity index (χ0n) is 14.0. The molecule has 0 atom stereocenters. The number of amides is 1. The van der Waals surface area contributed by atoms with E-state index in [4.69, 9.17) is 4.74 Å². The van der Waals surface area contributed by atoms with Crippen molar-refractivity contribution in [3.05, 3.63) is 40.4 Å². The average molecular weight is 332 g/mol. The van der Waals surface area contributed by atoms with Crippen LogP contribution in [0.4, 0.5) is 5.13 Å². The molecule has 0 spiro atoms. The second-order valence-corrected chi connectivity index (χ2v) is 6.76. The van der Waals surface area contributed by atoms with Gasteiger partial charge in [-0.2, -0.15) is 0 Å². The Morgan fingerprint density at radius 2 is 2.00 bits per heavy atom. The number of thiazole rings is 1. The van der Waals surface area contributed by atoms with Gasteiger partial charge in [0.05, 0.1) is 12.3 Å². The first kappa shape index (κ1) is 17.5. The molecule has 0 unspecified atom stereocenters. The molecule has 1 amide bonds. The number of carbonyl (C=O) groups excluding carboxylic acids is 1. The second kappa shape index (κ2) is 8.67. The van der Waals surface area contributed by atoms with Crippen LogP contribution in [0.15, 0.2) is 24.3 Å². The first-order valence-corrected chi connectivity index (χ1v) is 8.85. The standard InChI is InChI=1S/C18H24N2O2S/c1-4-6-15-8-10-16(11-9-15)22-12-5-7-17(21)20-18-19-13(2)14(3)23-18/h8-11H,4-7,12H2,1-3H3,(H,19,20,21). The number of aryl methyl sites for hydroxylation is 3.